The molecule has 2 aromatic carbocycles. The highest BCUT2D eigenvalue weighted by molar-refractivity contribution is 5.97. The van der Waals surface area contributed by atoms with Crippen molar-refractivity contribution in [1.82, 2.24) is 10.2 Å². The summed E-state index contributed by atoms with van der Waals surface area (Å²) in [5.74, 6) is -0.107. The molecule has 0 unspecified atom stereocenters. The molecule has 6 heteroatoms. The van der Waals surface area contributed by atoms with E-state index in [1.165, 1.54) is 19.2 Å². The average molecular weight is 370 g/mol. The maximum absolute atomic E-state index is 13.8. The van der Waals surface area contributed by atoms with E-state index in [1.54, 1.807) is 35.2 Å². The Hall–Kier alpha value is -2.89. The van der Waals surface area contributed by atoms with Crippen LogP contribution >= 0.6 is 0 Å². The summed E-state index contributed by atoms with van der Waals surface area (Å²) < 4.78 is 19.0. The van der Waals surface area contributed by atoms with Gasteiger partial charge in [-0.25, -0.2) is 4.39 Å². The molecular formula is C21H23FN2O3. The van der Waals surface area contributed by atoms with Crippen LogP contribution in [0, 0.1) is 11.7 Å². The van der Waals surface area contributed by atoms with Crippen LogP contribution in [0.3, 0.4) is 0 Å². The standard InChI is InChI=1S/C21H23FN2O3/c1-27-19-9-5-3-7-17(19)20(25)23-14-15-10-12-24(13-11-15)21(26)16-6-2-4-8-18(16)22/h2-9,15H,10-14H2,1H3,(H,23,25). The molecule has 1 heterocycles. The first-order valence-electron chi connectivity index (χ1n) is 9.05. The van der Waals surface area contributed by atoms with Crippen LogP contribution < -0.4 is 10.1 Å². The normalized spacial score (nSPS) is 14.7. The Morgan fingerprint density at radius 3 is 2.37 bits per heavy atom. The Labute approximate surface area is 158 Å². The number of benzene rings is 2. The van der Waals surface area contributed by atoms with Crippen molar-refractivity contribution in [2.24, 2.45) is 5.92 Å². The number of nitrogens with zero attached hydrogens (tertiary/aromatic N) is 1. The van der Waals surface area contributed by atoms with Crippen LogP contribution in [-0.2, 0) is 0 Å². The number of nitrogens with one attached hydrogen (secondary N) is 1. The van der Waals surface area contributed by atoms with Crippen molar-refractivity contribution in [1.29, 1.82) is 0 Å². The molecule has 2 aromatic rings. The molecule has 3 rings (SSSR count). The van der Waals surface area contributed by atoms with E-state index in [-0.39, 0.29) is 23.3 Å². The van der Waals surface area contributed by atoms with E-state index in [4.69, 9.17) is 4.74 Å². The van der Waals surface area contributed by atoms with Gasteiger partial charge < -0.3 is 15.0 Å². The molecule has 142 valence electrons. The minimum atomic E-state index is -0.492. The van der Waals surface area contributed by atoms with Gasteiger partial charge in [-0.15, -0.1) is 0 Å². The summed E-state index contributed by atoms with van der Waals surface area (Å²) in [4.78, 5) is 26.5. The van der Waals surface area contributed by atoms with Gasteiger partial charge in [-0.1, -0.05) is 24.3 Å². The van der Waals surface area contributed by atoms with Crippen LogP contribution in [0.4, 0.5) is 4.39 Å². The van der Waals surface area contributed by atoms with Gasteiger partial charge in [0.25, 0.3) is 11.8 Å². The lowest BCUT2D eigenvalue weighted by molar-refractivity contribution is 0.0679. The second-order valence-electron chi connectivity index (χ2n) is 6.63. The second kappa shape index (κ2) is 8.66. The van der Waals surface area contributed by atoms with Crippen molar-refractivity contribution >= 4 is 11.8 Å². The lowest BCUT2D eigenvalue weighted by Gasteiger charge is -2.32. The fourth-order valence-corrected chi connectivity index (χ4v) is 3.31. The lowest BCUT2D eigenvalue weighted by Crippen LogP contribution is -2.41. The molecular weight excluding hydrogens is 347 g/mol. The number of hydrogen-bond acceptors (Lipinski definition) is 3. The van der Waals surface area contributed by atoms with Crippen molar-refractivity contribution in [2.75, 3.05) is 26.7 Å². The average Bonchev–Trinajstić information content (AvgIpc) is 2.72. The van der Waals surface area contributed by atoms with Crippen LogP contribution in [0.5, 0.6) is 5.75 Å². The van der Waals surface area contributed by atoms with Crippen molar-refractivity contribution < 1.29 is 18.7 Å². The van der Waals surface area contributed by atoms with Gasteiger partial charge in [-0.05, 0) is 43.0 Å². The minimum absolute atomic E-state index is 0.112. The van der Waals surface area contributed by atoms with Gasteiger partial charge in [-0.2, -0.15) is 0 Å². The molecule has 0 aliphatic carbocycles. The number of carbonyl (C=O) groups is 2. The topological polar surface area (TPSA) is 58.6 Å². The number of rotatable bonds is 5. The maximum atomic E-state index is 13.8. The van der Waals surface area contributed by atoms with Crippen molar-refractivity contribution in [3.05, 3.63) is 65.5 Å². The van der Waals surface area contributed by atoms with Gasteiger partial charge in [0, 0.05) is 19.6 Å². The number of para-hydroxylation sites is 1. The number of amides is 2. The highest BCUT2D eigenvalue weighted by Crippen LogP contribution is 2.21. The van der Waals surface area contributed by atoms with Crippen LogP contribution in [0.15, 0.2) is 48.5 Å². The molecule has 27 heavy (non-hydrogen) atoms. The van der Waals surface area contributed by atoms with Crippen molar-refractivity contribution in [3.8, 4) is 5.75 Å². The largest absolute Gasteiger partial charge is 0.496 e. The van der Waals surface area contributed by atoms with E-state index >= 15 is 0 Å². The molecule has 0 aromatic heterocycles. The number of likely N-dealkylation sites (tertiary alicyclic amines) is 1. The molecule has 0 spiro atoms. The number of hydrogen-bond donors (Lipinski definition) is 1. The Morgan fingerprint density at radius 1 is 1.07 bits per heavy atom. The van der Waals surface area contributed by atoms with Crippen molar-refractivity contribution in [2.45, 2.75) is 12.8 Å². The summed E-state index contributed by atoms with van der Waals surface area (Å²) in [6.45, 7) is 1.66. The number of piperidine rings is 1. The van der Waals surface area contributed by atoms with E-state index in [0.29, 0.717) is 30.9 Å². The van der Waals surface area contributed by atoms with Gasteiger partial charge in [0.1, 0.15) is 11.6 Å². The Bertz CT molecular complexity index is 817. The lowest BCUT2D eigenvalue weighted by atomic mass is 9.96. The van der Waals surface area contributed by atoms with E-state index in [9.17, 15) is 14.0 Å². The van der Waals surface area contributed by atoms with Crippen LogP contribution in [0.2, 0.25) is 0 Å². The number of halogens is 1. The van der Waals surface area contributed by atoms with Gasteiger partial charge in [0.15, 0.2) is 0 Å². The molecule has 0 saturated carbocycles. The number of ether oxygens (including phenoxy) is 1. The molecule has 1 fully saturated rings. The highest BCUT2D eigenvalue weighted by Gasteiger charge is 2.25. The zero-order valence-electron chi connectivity index (χ0n) is 15.3. The quantitative estimate of drug-likeness (QED) is 0.880. The number of carbonyl (C=O) groups excluding carboxylic acids is 2. The van der Waals surface area contributed by atoms with E-state index in [1.807, 2.05) is 6.07 Å². The first kappa shape index (κ1) is 18.9. The molecule has 0 bridgehead atoms. The summed E-state index contributed by atoms with van der Waals surface area (Å²) in [5.41, 5.74) is 0.618. The third-order valence-electron chi connectivity index (χ3n) is 4.91. The summed E-state index contributed by atoms with van der Waals surface area (Å²) >= 11 is 0. The van der Waals surface area contributed by atoms with E-state index < -0.39 is 5.82 Å². The molecule has 0 radical (unpaired) electrons. The summed E-state index contributed by atoms with van der Waals surface area (Å²) in [6, 6.07) is 13.1. The third-order valence-corrected chi connectivity index (χ3v) is 4.91. The Kier molecular flexibility index (Phi) is 6.06. The molecule has 1 aliphatic heterocycles. The SMILES string of the molecule is COc1ccccc1C(=O)NCC1CCN(C(=O)c2ccccc2F)CC1. The smallest absolute Gasteiger partial charge is 0.256 e. The van der Waals surface area contributed by atoms with Crippen molar-refractivity contribution in [3.63, 3.8) is 0 Å². The van der Waals surface area contributed by atoms with Crippen LogP contribution in [0.1, 0.15) is 33.6 Å². The molecule has 1 aliphatic rings. The molecule has 5 nitrogen and oxygen atoms in total. The van der Waals surface area contributed by atoms with E-state index in [0.717, 1.165) is 12.8 Å². The summed E-state index contributed by atoms with van der Waals surface area (Å²) in [5, 5.41) is 2.95. The first-order valence-corrected chi connectivity index (χ1v) is 9.05. The Balaban J connectivity index is 1.50. The highest BCUT2D eigenvalue weighted by atomic mass is 19.1. The predicted molar refractivity (Wildman–Crippen MR) is 100 cm³/mol. The maximum Gasteiger partial charge on any atom is 0.256 e. The van der Waals surface area contributed by atoms with Gasteiger partial charge in [0.2, 0.25) is 0 Å². The predicted octanol–water partition coefficient (Wildman–Crippen LogP) is 3.12. The molecule has 2 amide bonds. The van der Waals surface area contributed by atoms with Gasteiger partial charge in [-0.3, -0.25) is 9.59 Å². The second-order valence-corrected chi connectivity index (χ2v) is 6.63. The first-order chi connectivity index (χ1) is 13.1. The fraction of sp³-hybridized carbons (Fsp3) is 0.333. The van der Waals surface area contributed by atoms with Crippen LogP contribution in [-0.4, -0.2) is 43.5 Å². The number of methoxy groups -OCH3 is 1. The zero-order valence-corrected chi connectivity index (χ0v) is 15.3. The van der Waals surface area contributed by atoms with Crippen LogP contribution in [0.25, 0.3) is 0 Å². The molecule has 1 N–H and O–H groups in total. The fourth-order valence-electron chi connectivity index (χ4n) is 3.31. The van der Waals surface area contributed by atoms with Gasteiger partial charge >= 0.3 is 0 Å². The Morgan fingerprint density at radius 2 is 1.70 bits per heavy atom. The summed E-state index contributed by atoms with van der Waals surface area (Å²) in [6.07, 6.45) is 1.54. The molecule has 1 saturated heterocycles. The van der Waals surface area contributed by atoms with Gasteiger partial charge in [0.05, 0.1) is 18.2 Å². The minimum Gasteiger partial charge on any atom is -0.496 e. The zero-order chi connectivity index (χ0) is 19.2. The molecule has 0 atom stereocenters. The van der Waals surface area contributed by atoms with E-state index in [2.05, 4.69) is 5.32 Å². The third kappa shape index (κ3) is 4.45. The summed E-state index contributed by atoms with van der Waals surface area (Å²) in [7, 11) is 1.54. The monoisotopic (exact) mass is 370 g/mol.